The SMILES string of the molecule is CC(=O)/C(C)=C/C=C(/C)O. The van der Waals surface area contributed by atoms with Gasteiger partial charge in [0.05, 0.1) is 5.76 Å². The Morgan fingerprint density at radius 1 is 1.20 bits per heavy atom. The van der Waals surface area contributed by atoms with Crippen molar-refractivity contribution in [2.45, 2.75) is 20.8 Å². The molecule has 0 aromatic carbocycles. The van der Waals surface area contributed by atoms with Crippen molar-refractivity contribution in [2.24, 2.45) is 0 Å². The Morgan fingerprint density at radius 3 is 2.00 bits per heavy atom. The molecule has 10 heavy (non-hydrogen) atoms. The van der Waals surface area contributed by atoms with Crippen LogP contribution in [0.1, 0.15) is 20.8 Å². The van der Waals surface area contributed by atoms with Crippen LogP contribution in [0.3, 0.4) is 0 Å². The van der Waals surface area contributed by atoms with Crippen LogP contribution in [0.4, 0.5) is 0 Å². The normalized spacial score (nSPS) is 13.5. The Morgan fingerprint density at radius 2 is 1.70 bits per heavy atom. The van der Waals surface area contributed by atoms with Gasteiger partial charge in [-0.05, 0) is 32.4 Å². The molecule has 0 atom stereocenters. The fraction of sp³-hybridized carbons (Fsp3) is 0.375. The van der Waals surface area contributed by atoms with Crippen molar-refractivity contribution in [2.75, 3.05) is 0 Å². The maximum Gasteiger partial charge on any atom is 0.155 e. The fourth-order valence-corrected chi connectivity index (χ4v) is 0.363. The molecular formula is C8H12O2. The molecule has 0 heterocycles. The van der Waals surface area contributed by atoms with Crippen molar-refractivity contribution in [3.05, 3.63) is 23.5 Å². The highest BCUT2D eigenvalue weighted by atomic mass is 16.3. The Kier molecular flexibility index (Phi) is 3.47. The van der Waals surface area contributed by atoms with E-state index >= 15 is 0 Å². The number of ketones is 1. The van der Waals surface area contributed by atoms with E-state index in [0.29, 0.717) is 5.57 Å². The van der Waals surface area contributed by atoms with Gasteiger partial charge in [-0.1, -0.05) is 6.08 Å². The Bertz CT molecular complexity index is 183. The van der Waals surface area contributed by atoms with E-state index in [9.17, 15) is 4.79 Å². The topological polar surface area (TPSA) is 37.3 Å². The van der Waals surface area contributed by atoms with E-state index in [2.05, 4.69) is 0 Å². The number of rotatable bonds is 2. The lowest BCUT2D eigenvalue weighted by Gasteiger charge is -1.89. The molecule has 0 amide bonds. The van der Waals surface area contributed by atoms with E-state index in [1.165, 1.54) is 13.0 Å². The Hall–Kier alpha value is -1.05. The molecule has 0 saturated carbocycles. The summed E-state index contributed by atoms with van der Waals surface area (Å²) in [6.45, 7) is 4.76. The maximum absolute atomic E-state index is 10.6. The highest BCUT2D eigenvalue weighted by Gasteiger charge is 1.91. The van der Waals surface area contributed by atoms with Gasteiger partial charge < -0.3 is 5.11 Å². The van der Waals surface area contributed by atoms with E-state index in [1.807, 2.05) is 0 Å². The van der Waals surface area contributed by atoms with Crippen LogP contribution in [0.5, 0.6) is 0 Å². The van der Waals surface area contributed by atoms with E-state index in [-0.39, 0.29) is 11.5 Å². The first-order valence-corrected chi connectivity index (χ1v) is 3.09. The van der Waals surface area contributed by atoms with Gasteiger partial charge in [0.1, 0.15) is 0 Å². The number of carbonyl (C=O) groups is 1. The van der Waals surface area contributed by atoms with Gasteiger partial charge in [-0.25, -0.2) is 0 Å². The lowest BCUT2D eigenvalue weighted by Crippen LogP contribution is -1.89. The molecule has 0 aliphatic carbocycles. The van der Waals surface area contributed by atoms with Crippen LogP contribution in [0.15, 0.2) is 23.5 Å². The van der Waals surface area contributed by atoms with Crippen LogP contribution < -0.4 is 0 Å². The maximum atomic E-state index is 10.6. The molecule has 0 aliphatic rings. The second-order valence-electron chi connectivity index (χ2n) is 2.21. The van der Waals surface area contributed by atoms with Gasteiger partial charge in [0.25, 0.3) is 0 Å². The minimum atomic E-state index is 0.0255. The Labute approximate surface area is 60.9 Å². The zero-order valence-electron chi connectivity index (χ0n) is 6.51. The summed E-state index contributed by atoms with van der Waals surface area (Å²) in [5.41, 5.74) is 0.647. The van der Waals surface area contributed by atoms with E-state index in [4.69, 9.17) is 5.11 Å². The number of aliphatic hydroxyl groups is 1. The summed E-state index contributed by atoms with van der Waals surface area (Å²) in [6, 6.07) is 0. The van der Waals surface area contributed by atoms with E-state index in [0.717, 1.165) is 0 Å². The summed E-state index contributed by atoms with van der Waals surface area (Å²) < 4.78 is 0. The predicted octanol–water partition coefficient (Wildman–Crippen LogP) is 1.98. The lowest BCUT2D eigenvalue weighted by molar-refractivity contribution is -0.113. The third kappa shape index (κ3) is 3.89. The third-order valence-electron chi connectivity index (χ3n) is 1.13. The van der Waals surface area contributed by atoms with Crippen molar-refractivity contribution >= 4 is 5.78 Å². The number of hydrogen-bond acceptors (Lipinski definition) is 2. The summed E-state index contributed by atoms with van der Waals surface area (Å²) in [5, 5.41) is 8.69. The molecule has 0 rings (SSSR count). The summed E-state index contributed by atoms with van der Waals surface area (Å²) in [7, 11) is 0. The fourth-order valence-electron chi connectivity index (χ4n) is 0.363. The van der Waals surface area contributed by atoms with E-state index < -0.39 is 0 Å². The Balaban J connectivity index is 4.19. The molecule has 56 valence electrons. The van der Waals surface area contributed by atoms with Crippen molar-refractivity contribution < 1.29 is 9.90 Å². The summed E-state index contributed by atoms with van der Waals surface area (Å²) in [5.74, 6) is 0.234. The third-order valence-corrected chi connectivity index (χ3v) is 1.13. The second-order valence-corrected chi connectivity index (χ2v) is 2.21. The molecule has 1 N–H and O–H groups in total. The van der Waals surface area contributed by atoms with Crippen LogP contribution in [-0.2, 0) is 4.79 Å². The summed E-state index contributed by atoms with van der Waals surface area (Å²) >= 11 is 0. The highest BCUT2D eigenvalue weighted by molar-refractivity contribution is 5.92. The largest absolute Gasteiger partial charge is 0.513 e. The number of hydrogen-bond donors (Lipinski definition) is 1. The zero-order chi connectivity index (χ0) is 8.15. The van der Waals surface area contributed by atoms with Gasteiger partial charge in [0.2, 0.25) is 0 Å². The average molecular weight is 140 g/mol. The molecule has 0 saturated heterocycles. The number of allylic oxidation sites excluding steroid dienone is 4. The van der Waals surface area contributed by atoms with Gasteiger partial charge >= 0.3 is 0 Å². The summed E-state index contributed by atoms with van der Waals surface area (Å²) in [4.78, 5) is 10.6. The van der Waals surface area contributed by atoms with Crippen LogP contribution in [0.2, 0.25) is 0 Å². The monoisotopic (exact) mass is 140 g/mol. The molecule has 0 unspecified atom stereocenters. The van der Waals surface area contributed by atoms with Gasteiger partial charge in [0, 0.05) is 0 Å². The first-order chi connectivity index (χ1) is 4.54. The molecule has 2 heteroatoms. The molecule has 0 fully saturated rings. The highest BCUT2D eigenvalue weighted by Crippen LogP contribution is 1.95. The van der Waals surface area contributed by atoms with Crippen molar-refractivity contribution in [3.63, 3.8) is 0 Å². The van der Waals surface area contributed by atoms with Crippen LogP contribution in [0, 0.1) is 0 Å². The van der Waals surface area contributed by atoms with Crippen LogP contribution in [0.25, 0.3) is 0 Å². The summed E-state index contributed by atoms with van der Waals surface area (Å²) in [6.07, 6.45) is 3.09. The average Bonchev–Trinajstić information content (AvgIpc) is 1.82. The lowest BCUT2D eigenvalue weighted by atomic mass is 10.2. The zero-order valence-corrected chi connectivity index (χ0v) is 6.51. The minimum Gasteiger partial charge on any atom is -0.513 e. The van der Waals surface area contributed by atoms with Crippen molar-refractivity contribution in [1.29, 1.82) is 0 Å². The van der Waals surface area contributed by atoms with Gasteiger partial charge in [0.15, 0.2) is 5.78 Å². The van der Waals surface area contributed by atoms with Gasteiger partial charge in [-0.3, -0.25) is 4.79 Å². The van der Waals surface area contributed by atoms with Crippen LogP contribution >= 0.6 is 0 Å². The predicted molar refractivity (Wildman–Crippen MR) is 40.8 cm³/mol. The van der Waals surface area contributed by atoms with Gasteiger partial charge in [-0.2, -0.15) is 0 Å². The quantitative estimate of drug-likeness (QED) is 0.362. The molecular weight excluding hydrogens is 128 g/mol. The van der Waals surface area contributed by atoms with Crippen molar-refractivity contribution in [3.8, 4) is 0 Å². The second kappa shape index (κ2) is 3.88. The number of aliphatic hydroxyl groups excluding tert-OH is 1. The smallest absolute Gasteiger partial charge is 0.155 e. The molecule has 2 nitrogen and oxygen atoms in total. The number of carbonyl (C=O) groups excluding carboxylic acids is 1. The van der Waals surface area contributed by atoms with E-state index in [1.54, 1.807) is 19.9 Å². The van der Waals surface area contributed by atoms with Crippen LogP contribution in [-0.4, -0.2) is 10.9 Å². The molecule has 0 spiro atoms. The van der Waals surface area contributed by atoms with Crippen molar-refractivity contribution in [1.82, 2.24) is 0 Å². The minimum absolute atomic E-state index is 0.0255. The standard InChI is InChI=1S/C8H12O2/c1-6(8(3)10)4-5-7(2)9/h4-5,9H,1-3H3/b6-4+,7-5-. The molecule has 0 aliphatic heterocycles. The first kappa shape index (κ1) is 8.95. The van der Waals surface area contributed by atoms with Gasteiger partial charge in [-0.15, -0.1) is 0 Å². The molecule has 0 aromatic heterocycles. The number of Topliss-reactive ketones (excluding diaryl/α,β-unsaturated/α-hetero) is 1. The first-order valence-electron chi connectivity index (χ1n) is 3.09. The molecule has 0 radical (unpaired) electrons. The molecule has 0 aromatic rings. The molecule has 0 bridgehead atoms.